The van der Waals surface area contributed by atoms with Crippen molar-refractivity contribution >= 4 is 45.0 Å². The lowest BCUT2D eigenvalue weighted by molar-refractivity contribution is -0.118. The van der Waals surface area contributed by atoms with Crippen LogP contribution in [0.25, 0.3) is 3.56 Å². The van der Waals surface area contributed by atoms with Crippen molar-refractivity contribution in [2.75, 3.05) is 78.8 Å². The molecule has 3 N–H and O–H groups in total. The van der Waals surface area contributed by atoms with Gasteiger partial charge in [0.2, 0.25) is 5.91 Å². The number of hydrogen-bond donors (Lipinski definition) is 3. The van der Waals surface area contributed by atoms with E-state index in [0.717, 1.165) is 11.3 Å². The van der Waals surface area contributed by atoms with Crippen LogP contribution in [0.1, 0.15) is 5.56 Å². The summed E-state index contributed by atoms with van der Waals surface area (Å²) >= 11 is 0.250. The molecule has 0 aromatic heterocycles. The Balaban J connectivity index is 1.51. The van der Waals surface area contributed by atoms with Gasteiger partial charge in [-0.25, -0.2) is 4.79 Å². The van der Waals surface area contributed by atoms with Crippen LogP contribution >= 0.6 is 33.1 Å². The minimum absolute atomic E-state index is 0.0159. The van der Waals surface area contributed by atoms with Gasteiger partial charge in [0.1, 0.15) is 5.75 Å². The van der Waals surface area contributed by atoms with E-state index >= 15 is 0 Å². The third-order valence-electron chi connectivity index (χ3n) is 5.14. The second kappa shape index (κ2) is 21.0. The summed E-state index contributed by atoms with van der Waals surface area (Å²) in [6, 6.07) is 7.25. The van der Waals surface area contributed by atoms with E-state index in [1.54, 1.807) is 7.11 Å². The van der Waals surface area contributed by atoms with E-state index in [1.165, 1.54) is 11.8 Å². The number of thioether (sulfide) groups is 1. The fourth-order valence-electron chi connectivity index (χ4n) is 3.18. The average molecular weight is 668 g/mol. The van der Waals surface area contributed by atoms with E-state index in [0.29, 0.717) is 72.5 Å². The number of rotatable bonds is 21. The van der Waals surface area contributed by atoms with Crippen molar-refractivity contribution < 1.29 is 33.3 Å². The summed E-state index contributed by atoms with van der Waals surface area (Å²) in [6.07, 6.45) is 0. The number of amides is 3. The molecule has 13 nitrogen and oxygen atoms in total. The molecule has 15 heteroatoms. The molecule has 0 aliphatic carbocycles. The van der Waals surface area contributed by atoms with Crippen LogP contribution in [0.5, 0.6) is 5.75 Å². The number of halogens is 1. The molecule has 214 valence electrons. The van der Waals surface area contributed by atoms with Crippen LogP contribution in [0, 0.1) is 5.92 Å². The fourth-order valence-corrected chi connectivity index (χ4v) is 4.60. The van der Waals surface area contributed by atoms with Gasteiger partial charge in [-0.15, -0.1) is 33.1 Å². The molecule has 1 aromatic rings. The summed E-state index contributed by atoms with van der Waals surface area (Å²) in [6.45, 7) is 4.87. The predicted octanol–water partition coefficient (Wildman–Crippen LogP) is 2.46. The van der Waals surface area contributed by atoms with Gasteiger partial charge in [0.25, 0.3) is 0 Å². The Bertz CT molecular complexity index is 852. The monoisotopic (exact) mass is 667 g/mol. The highest BCUT2D eigenvalue weighted by Gasteiger charge is 2.29. The third kappa shape index (κ3) is 14.9. The Hall–Kier alpha value is -1.92. The van der Waals surface area contributed by atoms with Crippen LogP contribution in [0.15, 0.2) is 32.7 Å². The van der Waals surface area contributed by atoms with E-state index in [1.807, 2.05) is 24.3 Å². The van der Waals surface area contributed by atoms with Crippen LogP contribution < -0.4 is 20.7 Å². The lowest BCUT2D eigenvalue weighted by atomic mass is 10.1. The molecule has 1 aliphatic rings. The van der Waals surface area contributed by atoms with E-state index in [-0.39, 0.29) is 29.0 Å². The van der Waals surface area contributed by atoms with Gasteiger partial charge in [0.05, 0.1) is 77.6 Å². The molecule has 2 rings (SSSR count). The first-order chi connectivity index (χ1) is 18.6. The number of urea groups is 1. The number of hydrogen-bond acceptors (Lipinski definition) is 9. The number of carbonyl (C=O) groups excluding carboxylic acids is 2. The first-order valence-electron chi connectivity index (χ1n) is 12.1. The molecule has 2 unspecified atom stereocenters. The highest BCUT2D eigenvalue weighted by atomic mass is 127. The van der Waals surface area contributed by atoms with E-state index in [9.17, 15) is 9.59 Å². The smallest absolute Gasteiger partial charge is 0.315 e. The maximum atomic E-state index is 12.3. The normalized spacial score (nSPS) is 17.2. The summed E-state index contributed by atoms with van der Waals surface area (Å²) < 4.78 is 39.2. The number of nitrogens with one attached hydrogen (secondary N) is 3. The Morgan fingerprint density at radius 3 is 2.39 bits per heavy atom. The second-order valence-corrected chi connectivity index (χ2v) is 9.89. The van der Waals surface area contributed by atoms with Gasteiger partial charge in [-0.1, -0.05) is 12.1 Å². The zero-order valence-corrected chi connectivity index (χ0v) is 24.4. The van der Waals surface area contributed by atoms with Gasteiger partial charge in [-0.2, -0.15) is 8.44 Å². The maximum absolute atomic E-state index is 12.3. The minimum atomic E-state index is -1.14. The van der Waals surface area contributed by atoms with Crippen molar-refractivity contribution in [3.8, 4) is 5.75 Å². The Kier molecular flexibility index (Phi) is 17.8. The van der Waals surface area contributed by atoms with Gasteiger partial charge in [-0.05, 0) is 17.7 Å². The van der Waals surface area contributed by atoms with Crippen LogP contribution in [-0.2, 0) is 30.3 Å². The summed E-state index contributed by atoms with van der Waals surface area (Å²) in [5, 5.41) is 12.0. The first-order valence-corrected chi connectivity index (χ1v) is 15.1. The lowest BCUT2D eigenvalue weighted by Gasteiger charge is -2.32. The number of methoxy groups -OCH3 is 1. The molecule has 1 aliphatic heterocycles. The van der Waals surface area contributed by atoms with Crippen molar-refractivity contribution in [1.82, 2.24) is 16.0 Å². The third-order valence-corrected chi connectivity index (χ3v) is 6.93. The van der Waals surface area contributed by atoms with Crippen LogP contribution in [0.3, 0.4) is 0 Å². The summed E-state index contributed by atoms with van der Waals surface area (Å²) in [5.41, 5.74) is 0.976. The first kappa shape index (κ1) is 32.3. The minimum Gasteiger partial charge on any atom is -0.753 e. The quantitative estimate of drug-likeness (QED) is 0.102. The van der Waals surface area contributed by atoms with Crippen LogP contribution in [-0.4, -0.2) is 96.1 Å². The van der Waals surface area contributed by atoms with Gasteiger partial charge in [0, 0.05) is 19.0 Å². The maximum Gasteiger partial charge on any atom is 0.315 e. The molecule has 3 amide bonds. The molecule has 38 heavy (non-hydrogen) atoms. The predicted molar refractivity (Wildman–Crippen MR) is 151 cm³/mol. The second-order valence-electron chi connectivity index (χ2n) is 7.90. The highest BCUT2D eigenvalue weighted by Crippen LogP contribution is 2.20. The van der Waals surface area contributed by atoms with Crippen molar-refractivity contribution in [1.29, 1.82) is 0 Å². The lowest BCUT2D eigenvalue weighted by Crippen LogP contribution is -2.55. The highest BCUT2D eigenvalue weighted by molar-refractivity contribution is 14.2. The van der Waals surface area contributed by atoms with Crippen molar-refractivity contribution in [2.45, 2.75) is 11.9 Å². The number of carbonyl (C=O) groups is 2. The molecular formula is C23H36IN6O7S-. The van der Waals surface area contributed by atoms with Crippen molar-refractivity contribution in [3.63, 3.8) is 0 Å². The topological polar surface area (TPSA) is 163 Å². The van der Waals surface area contributed by atoms with Gasteiger partial charge in [0.15, 0.2) is 0 Å². The van der Waals surface area contributed by atoms with E-state index in [2.05, 4.69) is 24.4 Å². The summed E-state index contributed by atoms with van der Waals surface area (Å²) in [4.78, 5) is 24.1. The molecule has 0 saturated carbocycles. The Morgan fingerprint density at radius 1 is 1.08 bits per heavy atom. The van der Waals surface area contributed by atoms with Gasteiger partial charge < -0.3 is 43.2 Å². The Labute approximate surface area is 237 Å². The zero-order valence-electron chi connectivity index (χ0n) is 21.4. The number of nitrogens with zero attached hydrogens (tertiary/aromatic N) is 3. The zero-order chi connectivity index (χ0) is 27.3. The summed E-state index contributed by atoms with van der Waals surface area (Å²) in [7, 11) is 1.61. The molecular weight excluding hydrogens is 631 g/mol. The average Bonchev–Trinajstić information content (AvgIpc) is 2.94. The molecule has 1 saturated heterocycles. The molecule has 1 fully saturated rings. The molecule has 0 bridgehead atoms. The number of ether oxygens (including phenoxy) is 5. The van der Waals surface area contributed by atoms with Crippen LogP contribution in [0.2, 0.25) is 0 Å². The summed E-state index contributed by atoms with van der Waals surface area (Å²) in [5.74, 6) is 0.899. The van der Waals surface area contributed by atoms with Crippen LogP contribution in [0.4, 0.5) is 4.79 Å². The SMILES string of the molecule is COc1ccc(CNC(=O)CSC2NC(=O)NCC2COCCOCCOCCOCCN=NI=[N-])cc1. The van der Waals surface area contributed by atoms with E-state index in [4.69, 9.17) is 27.2 Å². The fraction of sp³-hybridized carbons (Fsp3) is 0.652. The molecule has 1 aromatic carbocycles. The van der Waals surface area contributed by atoms with Crippen molar-refractivity contribution in [3.05, 3.63) is 33.4 Å². The molecule has 0 spiro atoms. The standard InChI is InChI=1S/C23H36IN6O7S/c1-33-20-4-2-18(3-5-20)14-26-21(31)17-38-22-19(15-27-23(32)29-22)16-37-13-12-36-11-10-35-9-8-34-7-6-28-30-24-25/h2-5,19,22H,6-17H2,1H3,(H,26,31)(H2,27,29,32)/q-1. The molecule has 0 radical (unpaired) electrons. The Morgan fingerprint density at radius 2 is 1.74 bits per heavy atom. The van der Waals surface area contributed by atoms with Gasteiger partial charge >= 0.3 is 6.03 Å². The molecule has 1 heterocycles. The number of benzene rings is 1. The molecule has 2 atom stereocenters. The van der Waals surface area contributed by atoms with Gasteiger partial charge in [-0.3, -0.25) is 4.79 Å². The van der Waals surface area contributed by atoms with E-state index < -0.39 is 21.3 Å². The van der Waals surface area contributed by atoms with Crippen molar-refractivity contribution in [2.24, 2.45) is 14.4 Å². The largest absolute Gasteiger partial charge is 0.753 e.